The number of nitrogens with zero attached hydrogens (tertiary/aromatic N) is 5. The van der Waals surface area contributed by atoms with Crippen LogP contribution in [-0.2, 0) is 26.5 Å². The van der Waals surface area contributed by atoms with Crippen molar-refractivity contribution in [2.24, 2.45) is 0 Å². The number of pyridine rings is 1. The summed E-state index contributed by atoms with van der Waals surface area (Å²) in [7, 11) is 0. The molecule has 3 heterocycles. The van der Waals surface area contributed by atoms with E-state index < -0.39 is 0 Å². The van der Waals surface area contributed by atoms with Gasteiger partial charge in [0, 0.05) is 40.0 Å². The third kappa shape index (κ3) is 6.83. The predicted molar refractivity (Wildman–Crippen MR) is 221 cm³/mol. The van der Waals surface area contributed by atoms with Crippen LogP contribution in [0.5, 0.6) is 11.5 Å². The number of aromatic nitrogens is 4. The summed E-state index contributed by atoms with van der Waals surface area (Å²) >= 11 is 0. The van der Waals surface area contributed by atoms with Crippen molar-refractivity contribution in [3.63, 3.8) is 0 Å². The molecule has 9 aromatic rings. The average molecular weight is 905 g/mol. The average Bonchev–Trinajstić information content (AvgIpc) is 3.84. The molecule has 0 saturated heterocycles. The van der Waals surface area contributed by atoms with E-state index in [9.17, 15) is 0 Å². The Morgan fingerprint density at radius 1 is 0.679 bits per heavy atom. The van der Waals surface area contributed by atoms with E-state index in [1.165, 1.54) is 5.56 Å². The minimum atomic E-state index is -0.0405. The van der Waals surface area contributed by atoms with E-state index in [1.807, 2.05) is 49.1 Å². The van der Waals surface area contributed by atoms with Crippen LogP contribution < -0.4 is 4.74 Å². The summed E-state index contributed by atoms with van der Waals surface area (Å²) in [4.78, 5) is 13.4. The van der Waals surface area contributed by atoms with Gasteiger partial charge in [-0.1, -0.05) is 135 Å². The van der Waals surface area contributed by atoms with Crippen molar-refractivity contribution in [2.75, 3.05) is 0 Å². The normalized spacial score (nSPS) is 11.3. The Kier molecular flexibility index (Phi) is 9.72. The van der Waals surface area contributed by atoms with Gasteiger partial charge in [0.1, 0.15) is 11.5 Å². The number of imidazole rings is 1. The van der Waals surface area contributed by atoms with Crippen molar-refractivity contribution in [2.45, 2.75) is 26.2 Å². The molecule has 9 rings (SSSR count). The molecule has 0 bridgehead atoms. The molecule has 3 aromatic heterocycles. The molecule has 0 fully saturated rings. The van der Waals surface area contributed by atoms with Gasteiger partial charge in [0.15, 0.2) is 0 Å². The van der Waals surface area contributed by atoms with Gasteiger partial charge < -0.3 is 13.9 Å². The van der Waals surface area contributed by atoms with E-state index in [-0.39, 0.29) is 26.5 Å². The zero-order valence-corrected chi connectivity index (χ0v) is 33.2. The van der Waals surface area contributed by atoms with Crippen LogP contribution >= 0.6 is 0 Å². The van der Waals surface area contributed by atoms with Crippen LogP contribution in [0.1, 0.15) is 26.3 Å². The van der Waals surface area contributed by atoms with Crippen molar-refractivity contribution < 1.29 is 25.8 Å². The van der Waals surface area contributed by atoms with E-state index in [1.54, 1.807) is 12.1 Å². The number of hydrogen-bond acceptors (Lipinski definition) is 3. The third-order valence-corrected chi connectivity index (χ3v) is 9.90. The topological polar surface area (TPSA) is 49.2 Å². The molecule has 6 aromatic carbocycles. The second kappa shape index (κ2) is 14.9. The third-order valence-electron chi connectivity index (χ3n) is 9.90. The molecule has 0 radical (unpaired) electrons. The second-order valence-electron chi connectivity index (χ2n) is 14.5. The van der Waals surface area contributed by atoms with Crippen molar-refractivity contribution in [1.82, 2.24) is 19.1 Å². The van der Waals surface area contributed by atoms with Gasteiger partial charge in [0.05, 0.1) is 18.6 Å². The van der Waals surface area contributed by atoms with E-state index >= 15 is 0 Å². The largest absolute Gasteiger partial charge is 2.00 e. The summed E-state index contributed by atoms with van der Waals surface area (Å²) in [6.45, 7) is 14.5. The monoisotopic (exact) mass is 904 g/mol. The van der Waals surface area contributed by atoms with Crippen LogP contribution in [0.2, 0.25) is 0 Å². The number of fused-ring (bicyclic) bond motifs is 3. The zero-order valence-electron chi connectivity index (χ0n) is 31.0. The molecule has 0 spiro atoms. The zero-order chi connectivity index (χ0) is 37.5. The van der Waals surface area contributed by atoms with Crippen molar-refractivity contribution in [3.05, 3.63) is 187 Å². The first-order chi connectivity index (χ1) is 26.8. The molecule has 0 N–H and O–H groups in total. The van der Waals surface area contributed by atoms with E-state index in [4.69, 9.17) is 21.3 Å². The molecule has 56 heavy (non-hydrogen) atoms. The standard InChI is InChI=1S/C49H35N5O.Pt/c1-49(2,3)36-24-25-51-47(28-36)54-45-21-12-11-18-42(45)43-23-22-38(30-46(43)54)55-39-27-35(26-37(29-39)50-4)44-31-53(32-52-44)48-40(33-14-7-5-8-15-33)19-13-20-41(48)34-16-9-6-10-17-34;/h5-26,28-29,31-32H,1-3H3;/q-2;+2. The van der Waals surface area contributed by atoms with Crippen molar-refractivity contribution >= 4 is 27.5 Å². The molecule has 0 aliphatic rings. The van der Waals surface area contributed by atoms with Crippen molar-refractivity contribution in [3.8, 4) is 56.5 Å². The Labute approximate surface area is 340 Å². The van der Waals surface area contributed by atoms with Crippen LogP contribution in [-0.4, -0.2) is 19.1 Å². The fourth-order valence-corrected chi connectivity index (χ4v) is 7.19. The minimum Gasteiger partial charge on any atom is -0.504 e. The Morgan fingerprint density at radius 2 is 1.38 bits per heavy atom. The van der Waals surface area contributed by atoms with Crippen LogP contribution in [0.25, 0.3) is 71.7 Å². The SMILES string of the molecule is [C-]#[N+]c1cc(Oc2[c-]c3c(cc2)c2ccccc2n3-c2cc(C(C)(C)C)ccn2)[c-]c(-c2cn(-c3c(-c4ccccc4)cccc3-c3ccccc3)cn2)c1.[Pt+2]. The van der Waals surface area contributed by atoms with Crippen LogP contribution in [0.3, 0.4) is 0 Å². The van der Waals surface area contributed by atoms with Crippen LogP contribution in [0.15, 0.2) is 158 Å². The summed E-state index contributed by atoms with van der Waals surface area (Å²) in [6.07, 6.45) is 5.69. The summed E-state index contributed by atoms with van der Waals surface area (Å²) in [5.74, 6) is 1.72. The summed E-state index contributed by atoms with van der Waals surface area (Å²) in [6, 6.07) is 54.1. The molecule has 0 saturated carbocycles. The molecule has 6 nitrogen and oxygen atoms in total. The van der Waals surface area contributed by atoms with E-state index in [0.29, 0.717) is 28.4 Å². The molecule has 7 heteroatoms. The van der Waals surface area contributed by atoms with Gasteiger partial charge >= 0.3 is 21.1 Å². The molecular formula is C49H35N5OPt. The maximum atomic E-state index is 7.93. The Bertz CT molecular complexity index is 2840. The Hall–Kier alpha value is -6.54. The summed E-state index contributed by atoms with van der Waals surface area (Å²) in [5.41, 5.74) is 10.2. The fraction of sp³-hybridized carbons (Fsp3) is 0.0816. The van der Waals surface area contributed by atoms with Crippen molar-refractivity contribution in [1.29, 1.82) is 0 Å². The number of benzene rings is 6. The second-order valence-corrected chi connectivity index (χ2v) is 14.5. The molecule has 0 aliphatic carbocycles. The first kappa shape index (κ1) is 36.4. The summed E-state index contributed by atoms with van der Waals surface area (Å²) < 4.78 is 10.7. The number of hydrogen-bond donors (Lipinski definition) is 0. The van der Waals surface area contributed by atoms with Crippen LogP contribution in [0, 0.1) is 18.7 Å². The quantitative estimate of drug-likeness (QED) is 0.150. The van der Waals surface area contributed by atoms with Gasteiger partial charge in [-0.15, -0.1) is 29.1 Å². The first-order valence-corrected chi connectivity index (χ1v) is 18.2. The minimum absolute atomic E-state index is 0. The van der Waals surface area contributed by atoms with Crippen LogP contribution in [0.4, 0.5) is 5.69 Å². The first-order valence-electron chi connectivity index (χ1n) is 18.2. The molecule has 272 valence electrons. The molecule has 0 atom stereocenters. The number of para-hydroxylation sites is 2. The van der Waals surface area contributed by atoms with Gasteiger partial charge in [-0.2, -0.15) is 6.07 Å². The Morgan fingerprint density at radius 3 is 2.07 bits per heavy atom. The molecule has 0 aliphatic heterocycles. The number of ether oxygens (including phenoxy) is 1. The van der Waals surface area contributed by atoms with Gasteiger partial charge in [-0.25, -0.2) is 4.98 Å². The van der Waals surface area contributed by atoms with Gasteiger partial charge in [-0.3, -0.25) is 9.83 Å². The van der Waals surface area contributed by atoms with Gasteiger partial charge in [0.25, 0.3) is 0 Å². The number of rotatable bonds is 7. The predicted octanol–water partition coefficient (Wildman–Crippen LogP) is 12.6. The smallest absolute Gasteiger partial charge is 0.504 e. The molecule has 0 unspecified atom stereocenters. The van der Waals surface area contributed by atoms with Gasteiger partial charge in [-0.05, 0) is 51.9 Å². The molecular weight excluding hydrogens is 870 g/mol. The van der Waals surface area contributed by atoms with E-state index in [0.717, 1.165) is 55.6 Å². The maximum Gasteiger partial charge on any atom is 2.00 e. The summed E-state index contributed by atoms with van der Waals surface area (Å²) in [5, 5.41) is 2.15. The Balaban J connectivity index is 0.00000441. The van der Waals surface area contributed by atoms with E-state index in [2.05, 4.69) is 144 Å². The fourth-order valence-electron chi connectivity index (χ4n) is 7.19. The van der Waals surface area contributed by atoms with Gasteiger partial charge in [0.2, 0.25) is 0 Å². The maximum absolute atomic E-state index is 7.93. The molecule has 0 amide bonds.